The number of nitrogen functional groups attached to an aromatic ring is 1. The number of imidazole rings is 1. The average Bonchev–Trinajstić information content (AvgIpc) is 3.06. The van der Waals surface area contributed by atoms with Gasteiger partial charge in [-0.3, -0.25) is 9.78 Å². The van der Waals surface area contributed by atoms with Crippen molar-refractivity contribution in [3.8, 4) is 17.0 Å². The highest BCUT2D eigenvalue weighted by Crippen LogP contribution is 2.26. The molecule has 0 saturated heterocycles. The van der Waals surface area contributed by atoms with E-state index in [-0.39, 0.29) is 5.56 Å². The van der Waals surface area contributed by atoms with Gasteiger partial charge in [-0.05, 0) is 24.3 Å². The molecule has 2 heterocycles. The van der Waals surface area contributed by atoms with Crippen molar-refractivity contribution < 1.29 is 4.74 Å². The fourth-order valence-electron chi connectivity index (χ4n) is 2.88. The van der Waals surface area contributed by atoms with Gasteiger partial charge < -0.3 is 20.4 Å². The van der Waals surface area contributed by atoms with Crippen LogP contribution >= 0.6 is 0 Å². The van der Waals surface area contributed by atoms with Crippen molar-refractivity contribution in [2.24, 2.45) is 0 Å². The summed E-state index contributed by atoms with van der Waals surface area (Å²) < 4.78 is 5.26. The first-order valence-electron chi connectivity index (χ1n) is 8.28. The predicted molar refractivity (Wildman–Crippen MR) is 105 cm³/mol. The predicted octanol–water partition coefficient (Wildman–Crippen LogP) is 2.67. The van der Waals surface area contributed by atoms with Crippen molar-refractivity contribution >= 4 is 28.6 Å². The van der Waals surface area contributed by atoms with Crippen LogP contribution < -0.4 is 20.9 Å². The number of ether oxygens (including phenoxy) is 1. The van der Waals surface area contributed by atoms with Gasteiger partial charge in [0, 0.05) is 30.4 Å². The van der Waals surface area contributed by atoms with Gasteiger partial charge in [-0.25, -0.2) is 9.97 Å². The molecule has 4 N–H and O–H groups in total. The number of hydrogen-bond acceptors (Lipinski definition) is 6. The highest BCUT2D eigenvalue weighted by Gasteiger charge is 2.11. The van der Waals surface area contributed by atoms with E-state index in [2.05, 4.69) is 19.9 Å². The van der Waals surface area contributed by atoms with Crippen molar-refractivity contribution in [3.05, 3.63) is 58.9 Å². The lowest BCUT2D eigenvalue weighted by Gasteiger charge is -2.19. The molecule has 0 aliphatic rings. The summed E-state index contributed by atoms with van der Waals surface area (Å²) in [5, 5.41) is 0. The number of fused-ring (bicyclic) bond motifs is 1. The molecule has 0 aliphatic carbocycles. The molecular formula is C19H18N6O2. The molecule has 0 bridgehead atoms. The molecule has 4 rings (SSSR count). The van der Waals surface area contributed by atoms with Crippen LogP contribution in [0.25, 0.3) is 22.3 Å². The molecule has 0 amide bonds. The second-order valence-electron chi connectivity index (χ2n) is 6.07. The molecule has 8 heteroatoms. The lowest BCUT2D eigenvalue weighted by atomic mass is 10.1. The number of rotatable bonds is 4. The highest BCUT2D eigenvalue weighted by atomic mass is 16.5. The van der Waals surface area contributed by atoms with Crippen molar-refractivity contribution in [2.45, 2.75) is 0 Å². The van der Waals surface area contributed by atoms with E-state index in [1.807, 2.05) is 49.5 Å². The third kappa shape index (κ3) is 3.20. The lowest BCUT2D eigenvalue weighted by molar-refractivity contribution is 0.415. The number of nitrogens with zero attached hydrogens (tertiary/aromatic N) is 3. The molecule has 2 aromatic heterocycles. The molecule has 0 spiro atoms. The number of nitrogens with one attached hydrogen (secondary N) is 2. The summed E-state index contributed by atoms with van der Waals surface area (Å²) in [6, 6.07) is 14.5. The second kappa shape index (κ2) is 6.49. The number of nitrogens with two attached hydrogens (primary N) is 1. The summed E-state index contributed by atoms with van der Waals surface area (Å²) in [5.74, 6) is 1.49. The fraction of sp³-hybridized carbons (Fsp3) is 0.105. The number of methoxy groups -OCH3 is 1. The topological polar surface area (TPSA) is 113 Å². The number of H-pyrrole nitrogens is 2. The maximum absolute atomic E-state index is 12.2. The zero-order valence-electron chi connectivity index (χ0n) is 14.9. The Bertz CT molecular complexity index is 1180. The van der Waals surface area contributed by atoms with Gasteiger partial charge in [-0.15, -0.1) is 0 Å². The van der Waals surface area contributed by atoms with E-state index in [0.29, 0.717) is 17.6 Å². The third-order valence-corrected chi connectivity index (χ3v) is 4.28. The van der Waals surface area contributed by atoms with Crippen LogP contribution in [-0.2, 0) is 0 Å². The van der Waals surface area contributed by atoms with E-state index < -0.39 is 0 Å². The summed E-state index contributed by atoms with van der Waals surface area (Å²) in [5.41, 5.74) is 9.19. The van der Waals surface area contributed by atoms with Gasteiger partial charge in [0.25, 0.3) is 5.56 Å². The highest BCUT2D eigenvalue weighted by molar-refractivity contribution is 5.82. The standard InChI is InChI=1S/C19H18N6O2/c1-25(12-4-3-5-13(9-12)27-2)19-23-15(10-17(26)24-19)11-6-7-14-16(8-11)22-18(20)21-14/h3-10H,1-2H3,(H3,20,21,22)(H,23,24,26). The Morgan fingerprint density at radius 3 is 2.74 bits per heavy atom. The third-order valence-electron chi connectivity index (χ3n) is 4.28. The second-order valence-corrected chi connectivity index (χ2v) is 6.07. The first-order valence-corrected chi connectivity index (χ1v) is 8.28. The quantitative estimate of drug-likeness (QED) is 0.514. The van der Waals surface area contributed by atoms with Gasteiger partial charge in [0.05, 0.1) is 23.8 Å². The summed E-state index contributed by atoms with van der Waals surface area (Å²) in [4.78, 5) is 28.6. The van der Waals surface area contributed by atoms with Crippen LogP contribution in [0, 0.1) is 0 Å². The summed E-state index contributed by atoms with van der Waals surface area (Å²) >= 11 is 0. The van der Waals surface area contributed by atoms with Gasteiger partial charge in [-0.2, -0.15) is 0 Å². The normalized spacial score (nSPS) is 10.9. The van der Waals surface area contributed by atoms with Gasteiger partial charge in [-0.1, -0.05) is 12.1 Å². The Hall–Kier alpha value is -3.81. The van der Waals surface area contributed by atoms with Gasteiger partial charge in [0.1, 0.15) is 5.75 Å². The van der Waals surface area contributed by atoms with Crippen molar-refractivity contribution in [1.82, 2.24) is 19.9 Å². The van der Waals surface area contributed by atoms with Gasteiger partial charge in [0.15, 0.2) is 5.95 Å². The minimum Gasteiger partial charge on any atom is -0.497 e. The van der Waals surface area contributed by atoms with E-state index in [4.69, 9.17) is 10.5 Å². The molecule has 0 atom stereocenters. The first kappa shape index (κ1) is 16.6. The van der Waals surface area contributed by atoms with E-state index in [1.54, 1.807) is 12.0 Å². The molecule has 2 aromatic carbocycles. The number of aromatic nitrogens is 4. The molecule has 0 fully saturated rings. The van der Waals surface area contributed by atoms with E-state index in [9.17, 15) is 4.79 Å². The van der Waals surface area contributed by atoms with Crippen LogP contribution in [-0.4, -0.2) is 34.1 Å². The Balaban J connectivity index is 1.76. The van der Waals surface area contributed by atoms with E-state index in [1.165, 1.54) is 6.07 Å². The first-order chi connectivity index (χ1) is 13.0. The van der Waals surface area contributed by atoms with Crippen LogP contribution in [0.15, 0.2) is 53.3 Å². The molecule has 0 unspecified atom stereocenters. The van der Waals surface area contributed by atoms with Crippen molar-refractivity contribution in [3.63, 3.8) is 0 Å². The van der Waals surface area contributed by atoms with Crippen LogP contribution in [0.4, 0.5) is 17.6 Å². The van der Waals surface area contributed by atoms with Crippen molar-refractivity contribution in [2.75, 3.05) is 24.8 Å². The molecular weight excluding hydrogens is 344 g/mol. The van der Waals surface area contributed by atoms with Gasteiger partial charge in [0.2, 0.25) is 5.95 Å². The SMILES string of the molecule is COc1cccc(N(C)c2nc(-c3ccc4nc(N)[nH]c4c3)cc(=O)[nH]2)c1. The van der Waals surface area contributed by atoms with E-state index in [0.717, 1.165) is 28.0 Å². The molecule has 8 nitrogen and oxygen atoms in total. The molecule has 27 heavy (non-hydrogen) atoms. The average molecular weight is 362 g/mol. The number of anilines is 3. The Labute approximate surface area is 154 Å². The monoisotopic (exact) mass is 362 g/mol. The number of benzene rings is 2. The van der Waals surface area contributed by atoms with Crippen molar-refractivity contribution in [1.29, 1.82) is 0 Å². The summed E-state index contributed by atoms with van der Waals surface area (Å²) in [6.07, 6.45) is 0. The minimum absolute atomic E-state index is 0.242. The lowest BCUT2D eigenvalue weighted by Crippen LogP contribution is -2.18. The molecule has 0 saturated carbocycles. The van der Waals surface area contributed by atoms with Gasteiger partial charge >= 0.3 is 0 Å². The van der Waals surface area contributed by atoms with Crippen LogP contribution in [0.1, 0.15) is 0 Å². The molecule has 0 radical (unpaired) electrons. The Morgan fingerprint density at radius 2 is 1.93 bits per heavy atom. The molecule has 136 valence electrons. The van der Waals surface area contributed by atoms with Crippen LogP contribution in [0.3, 0.4) is 0 Å². The molecule has 0 aliphatic heterocycles. The number of hydrogen-bond donors (Lipinski definition) is 3. The summed E-state index contributed by atoms with van der Waals surface area (Å²) in [6.45, 7) is 0. The smallest absolute Gasteiger partial charge is 0.252 e. The van der Waals surface area contributed by atoms with Crippen LogP contribution in [0.2, 0.25) is 0 Å². The van der Waals surface area contributed by atoms with Crippen LogP contribution in [0.5, 0.6) is 5.75 Å². The fourth-order valence-corrected chi connectivity index (χ4v) is 2.88. The zero-order chi connectivity index (χ0) is 19.0. The van der Waals surface area contributed by atoms with E-state index >= 15 is 0 Å². The maximum atomic E-state index is 12.2. The summed E-state index contributed by atoms with van der Waals surface area (Å²) in [7, 11) is 3.44. The minimum atomic E-state index is -0.242. The largest absolute Gasteiger partial charge is 0.497 e. The maximum Gasteiger partial charge on any atom is 0.252 e. The molecule has 4 aromatic rings. The zero-order valence-corrected chi connectivity index (χ0v) is 14.9. The Morgan fingerprint density at radius 1 is 1.07 bits per heavy atom. The Kier molecular flexibility index (Phi) is 4.00. The number of aromatic amines is 2.